The maximum atomic E-state index is 12.2. The standard InChI is InChI=1S/C15H22N2O3S/c1-11-6-7-13(21(16,19)20)10-14(11)15(18)17-9-8-12-4-2-3-5-12/h6-7,10,12H,2-5,8-9H2,1H3,(H,17,18)(H2,16,19,20). The highest BCUT2D eigenvalue weighted by Crippen LogP contribution is 2.27. The Morgan fingerprint density at radius 3 is 2.62 bits per heavy atom. The van der Waals surface area contributed by atoms with Crippen LogP contribution in [0.15, 0.2) is 23.1 Å². The second-order valence-corrected chi connectivity index (χ2v) is 7.28. The molecule has 0 aromatic heterocycles. The number of primary sulfonamides is 1. The highest BCUT2D eigenvalue weighted by atomic mass is 32.2. The monoisotopic (exact) mass is 310 g/mol. The summed E-state index contributed by atoms with van der Waals surface area (Å²) in [5, 5.41) is 7.97. The Kier molecular flexibility index (Phi) is 5.00. The molecule has 1 fully saturated rings. The number of carbonyl (C=O) groups is 1. The lowest BCUT2D eigenvalue weighted by atomic mass is 10.0. The summed E-state index contributed by atoms with van der Waals surface area (Å²) in [6.07, 6.45) is 6.05. The lowest BCUT2D eigenvalue weighted by molar-refractivity contribution is 0.0950. The van der Waals surface area contributed by atoms with E-state index in [-0.39, 0.29) is 10.8 Å². The second-order valence-electron chi connectivity index (χ2n) is 5.72. The van der Waals surface area contributed by atoms with Gasteiger partial charge in [0.1, 0.15) is 0 Å². The molecular formula is C15H22N2O3S. The second kappa shape index (κ2) is 6.58. The van der Waals surface area contributed by atoms with Crippen LogP contribution in [0.25, 0.3) is 0 Å². The van der Waals surface area contributed by atoms with E-state index in [4.69, 9.17) is 5.14 Å². The minimum absolute atomic E-state index is 0.0333. The minimum Gasteiger partial charge on any atom is -0.352 e. The third-order valence-corrected chi connectivity index (χ3v) is 5.01. The van der Waals surface area contributed by atoms with Gasteiger partial charge in [0.05, 0.1) is 4.90 Å². The lowest BCUT2D eigenvalue weighted by Crippen LogP contribution is -2.26. The van der Waals surface area contributed by atoms with Crippen LogP contribution < -0.4 is 10.5 Å². The Hall–Kier alpha value is -1.40. The summed E-state index contributed by atoms with van der Waals surface area (Å²) in [6, 6.07) is 4.36. The molecule has 1 aromatic rings. The average Bonchev–Trinajstić information content (AvgIpc) is 2.91. The first-order chi connectivity index (χ1) is 9.88. The van der Waals surface area contributed by atoms with Gasteiger partial charge in [0, 0.05) is 12.1 Å². The van der Waals surface area contributed by atoms with Gasteiger partial charge in [0.25, 0.3) is 5.91 Å². The van der Waals surface area contributed by atoms with Gasteiger partial charge in [-0.2, -0.15) is 0 Å². The maximum absolute atomic E-state index is 12.2. The molecule has 0 radical (unpaired) electrons. The Morgan fingerprint density at radius 2 is 2.00 bits per heavy atom. The van der Waals surface area contributed by atoms with E-state index in [0.717, 1.165) is 12.0 Å². The van der Waals surface area contributed by atoms with E-state index in [1.165, 1.54) is 37.8 Å². The average molecular weight is 310 g/mol. The number of carbonyl (C=O) groups excluding carboxylic acids is 1. The van der Waals surface area contributed by atoms with Gasteiger partial charge in [-0.25, -0.2) is 13.6 Å². The van der Waals surface area contributed by atoms with Gasteiger partial charge in [0.2, 0.25) is 10.0 Å². The van der Waals surface area contributed by atoms with Crippen molar-refractivity contribution < 1.29 is 13.2 Å². The van der Waals surface area contributed by atoms with Crippen LogP contribution in [-0.2, 0) is 10.0 Å². The third kappa shape index (κ3) is 4.28. The third-order valence-electron chi connectivity index (χ3n) is 4.10. The molecule has 1 saturated carbocycles. The molecule has 0 atom stereocenters. The van der Waals surface area contributed by atoms with E-state index in [9.17, 15) is 13.2 Å². The molecule has 2 rings (SSSR count). The Morgan fingerprint density at radius 1 is 1.33 bits per heavy atom. The number of nitrogens with one attached hydrogen (secondary N) is 1. The Balaban J connectivity index is 2.01. The fraction of sp³-hybridized carbons (Fsp3) is 0.533. The van der Waals surface area contributed by atoms with Gasteiger partial charge in [-0.3, -0.25) is 4.79 Å². The van der Waals surface area contributed by atoms with Crippen molar-refractivity contribution >= 4 is 15.9 Å². The van der Waals surface area contributed by atoms with Crippen LogP contribution in [0, 0.1) is 12.8 Å². The number of hydrogen-bond acceptors (Lipinski definition) is 3. The lowest BCUT2D eigenvalue weighted by Gasteiger charge is -2.11. The minimum atomic E-state index is -3.79. The first-order valence-electron chi connectivity index (χ1n) is 7.29. The van der Waals surface area contributed by atoms with Crippen LogP contribution in [0.5, 0.6) is 0 Å². The molecule has 1 aliphatic rings. The first kappa shape index (κ1) is 16.0. The predicted octanol–water partition coefficient (Wildman–Crippen LogP) is 1.95. The number of hydrogen-bond donors (Lipinski definition) is 2. The quantitative estimate of drug-likeness (QED) is 0.871. The molecule has 1 aliphatic carbocycles. The van der Waals surface area contributed by atoms with Crippen LogP contribution in [0.2, 0.25) is 0 Å². The summed E-state index contributed by atoms with van der Waals surface area (Å²) in [6.45, 7) is 2.40. The van der Waals surface area contributed by atoms with E-state index in [1.54, 1.807) is 13.0 Å². The molecule has 0 heterocycles. The van der Waals surface area contributed by atoms with Gasteiger partial charge in [0.15, 0.2) is 0 Å². The van der Waals surface area contributed by atoms with E-state index in [2.05, 4.69) is 5.32 Å². The van der Waals surface area contributed by atoms with Crippen molar-refractivity contribution in [2.45, 2.75) is 43.9 Å². The molecule has 116 valence electrons. The summed E-state index contributed by atoms with van der Waals surface area (Å²) in [5.41, 5.74) is 1.11. The molecule has 1 aromatic carbocycles. The molecule has 0 unspecified atom stereocenters. The largest absolute Gasteiger partial charge is 0.352 e. The fourth-order valence-corrected chi connectivity index (χ4v) is 3.35. The zero-order chi connectivity index (χ0) is 15.5. The number of aryl methyl sites for hydroxylation is 1. The van der Waals surface area contributed by atoms with E-state index >= 15 is 0 Å². The zero-order valence-corrected chi connectivity index (χ0v) is 13.1. The van der Waals surface area contributed by atoms with E-state index in [0.29, 0.717) is 18.0 Å². The van der Waals surface area contributed by atoms with Crippen LogP contribution in [0.4, 0.5) is 0 Å². The van der Waals surface area contributed by atoms with Crippen molar-refractivity contribution in [3.05, 3.63) is 29.3 Å². The highest BCUT2D eigenvalue weighted by molar-refractivity contribution is 7.89. The summed E-state index contributed by atoms with van der Waals surface area (Å²) in [4.78, 5) is 12.1. The van der Waals surface area contributed by atoms with Crippen molar-refractivity contribution in [2.75, 3.05) is 6.54 Å². The number of benzene rings is 1. The number of amides is 1. The molecular weight excluding hydrogens is 288 g/mol. The smallest absolute Gasteiger partial charge is 0.251 e. The van der Waals surface area contributed by atoms with Crippen molar-refractivity contribution in [3.8, 4) is 0 Å². The Labute approximate surface area is 126 Å². The molecule has 6 heteroatoms. The van der Waals surface area contributed by atoms with Crippen LogP contribution >= 0.6 is 0 Å². The highest BCUT2D eigenvalue weighted by Gasteiger charge is 2.17. The van der Waals surface area contributed by atoms with Crippen molar-refractivity contribution in [2.24, 2.45) is 11.1 Å². The maximum Gasteiger partial charge on any atom is 0.251 e. The molecule has 0 spiro atoms. The summed E-state index contributed by atoms with van der Waals surface area (Å²) >= 11 is 0. The van der Waals surface area contributed by atoms with Crippen LogP contribution in [-0.4, -0.2) is 20.9 Å². The number of rotatable bonds is 5. The van der Waals surface area contributed by atoms with Crippen molar-refractivity contribution in [1.29, 1.82) is 0 Å². The van der Waals surface area contributed by atoms with Crippen molar-refractivity contribution in [3.63, 3.8) is 0 Å². The van der Waals surface area contributed by atoms with Crippen LogP contribution in [0.1, 0.15) is 48.0 Å². The SMILES string of the molecule is Cc1ccc(S(N)(=O)=O)cc1C(=O)NCCC1CCCC1. The fourth-order valence-electron chi connectivity index (χ4n) is 2.81. The van der Waals surface area contributed by atoms with E-state index < -0.39 is 10.0 Å². The molecule has 1 amide bonds. The molecule has 3 N–H and O–H groups in total. The predicted molar refractivity (Wildman–Crippen MR) is 81.5 cm³/mol. The van der Waals surface area contributed by atoms with Gasteiger partial charge in [-0.1, -0.05) is 31.7 Å². The molecule has 21 heavy (non-hydrogen) atoms. The first-order valence-corrected chi connectivity index (χ1v) is 8.84. The summed E-state index contributed by atoms with van der Waals surface area (Å²) < 4.78 is 22.7. The van der Waals surface area contributed by atoms with E-state index in [1.807, 2.05) is 0 Å². The zero-order valence-electron chi connectivity index (χ0n) is 12.3. The topological polar surface area (TPSA) is 89.3 Å². The molecule has 0 bridgehead atoms. The summed E-state index contributed by atoms with van der Waals surface area (Å²) in [7, 11) is -3.79. The Bertz CT molecular complexity index is 620. The summed E-state index contributed by atoms with van der Waals surface area (Å²) in [5.74, 6) is 0.471. The van der Waals surface area contributed by atoms with Gasteiger partial charge in [-0.05, 0) is 37.0 Å². The number of nitrogens with two attached hydrogens (primary N) is 1. The van der Waals surface area contributed by atoms with Crippen molar-refractivity contribution in [1.82, 2.24) is 5.32 Å². The number of sulfonamides is 1. The van der Waals surface area contributed by atoms with Crippen LogP contribution in [0.3, 0.4) is 0 Å². The van der Waals surface area contributed by atoms with Gasteiger partial charge >= 0.3 is 0 Å². The van der Waals surface area contributed by atoms with Gasteiger partial charge in [-0.15, -0.1) is 0 Å². The molecule has 0 aliphatic heterocycles. The van der Waals surface area contributed by atoms with Gasteiger partial charge < -0.3 is 5.32 Å². The molecule has 5 nitrogen and oxygen atoms in total. The normalized spacial score (nSPS) is 16.1. The molecule has 0 saturated heterocycles.